The monoisotopic (exact) mass is 336 g/mol. The lowest BCUT2D eigenvalue weighted by Gasteiger charge is -2.39. The van der Waals surface area contributed by atoms with E-state index in [9.17, 15) is 5.11 Å². The van der Waals surface area contributed by atoms with E-state index in [-0.39, 0.29) is 0 Å². The molecule has 3 rings (SSSR count). The highest BCUT2D eigenvalue weighted by Crippen LogP contribution is 2.36. The number of aromatic nitrogens is 3. The number of benzene rings is 1. The molecule has 0 amide bonds. The lowest BCUT2D eigenvalue weighted by Crippen LogP contribution is -2.43. The van der Waals surface area contributed by atoms with Gasteiger partial charge in [-0.2, -0.15) is 0 Å². The Bertz CT molecular complexity index is 571. The number of hydrogen-bond acceptors (Lipinski definition) is 4. The molecule has 0 radical (unpaired) electrons. The van der Waals surface area contributed by atoms with Crippen molar-refractivity contribution in [3.05, 3.63) is 40.6 Å². The summed E-state index contributed by atoms with van der Waals surface area (Å²) in [5.41, 5.74) is 1.12. The van der Waals surface area contributed by atoms with Gasteiger partial charge in [0.1, 0.15) is 11.3 Å². The molecule has 2 heterocycles. The Labute approximate surface area is 126 Å². The molecule has 5 nitrogen and oxygen atoms in total. The number of piperidine rings is 1. The Morgan fingerprint density at radius 1 is 1.20 bits per heavy atom. The second kappa shape index (κ2) is 5.18. The maximum absolute atomic E-state index is 10.9. The summed E-state index contributed by atoms with van der Waals surface area (Å²) in [6.45, 7) is 1.64. The zero-order chi connectivity index (χ0) is 14.2. The molecule has 1 aliphatic heterocycles. The van der Waals surface area contributed by atoms with E-state index in [1.165, 1.54) is 5.69 Å². The van der Waals surface area contributed by atoms with Gasteiger partial charge in [-0.25, -0.2) is 4.68 Å². The molecule has 2 aromatic rings. The number of nitrogens with zero attached hydrogens (tertiary/aromatic N) is 4. The van der Waals surface area contributed by atoms with Crippen molar-refractivity contribution in [2.45, 2.75) is 18.4 Å². The first-order chi connectivity index (χ1) is 9.60. The van der Waals surface area contributed by atoms with Gasteiger partial charge in [-0.3, -0.25) is 0 Å². The highest BCUT2D eigenvalue weighted by Gasteiger charge is 2.38. The van der Waals surface area contributed by atoms with Crippen LogP contribution in [0.5, 0.6) is 0 Å². The topological polar surface area (TPSA) is 54.2 Å². The Morgan fingerprint density at radius 2 is 1.85 bits per heavy atom. The molecule has 0 aliphatic carbocycles. The number of halogens is 1. The van der Waals surface area contributed by atoms with E-state index in [1.54, 1.807) is 4.68 Å². The van der Waals surface area contributed by atoms with E-state index in [1.807, 2.05) is 25.2 Å². The van der Waals surface area contributed by atoms with Crippen LogP contribution in [0.2, 0.25) is 0 Å². The van der Waals surface area contributed by atoms with Gasteiger partial charge in [-0.1, -0.05) is 23.4 Å². The van der Waals surface area contributed by atoms with Gasteiger partial charge in [0, 0.05) is 25.8 Å². The number of aryl methyl sites for hydroxylation is 1. The Morgan fingerprint density at radius 3 is 2.40 bits per heavy atom. The van der Waals surface area contributed by atoms with Gasteiger partial charge in [0.25, 0.3) is 0 Å². The molecular formula is C14H17BrN4O. The van der Waals surface area contributed by atoms with Gasteiger partial charge in [0.05, 0.1) is 0 Å². The summed E-state index contributed by atoms with van der Waals surface area (Å²) in [5, 5.41) is 18.8. The smallest absolute Gasteiger partial charge is 0.154 e. The summed E-state index contributed by atoms with van der Waals surface area (Å²) in [6, 6.07) is 10.3. The van der Waals surface area contributed by atoms with Crippen molar-refractivity contribution < 1.29 is 5.11 Å². The van der Waals surface area contributed by atoms with Crippen molar-refractivity contribution in [1.29, 1.82) is 0 Å². The van der Waals surface area contributed by atoms with Crippen molar-refractivity contribution in [2.75, 3.05) is 18.0 Å². The summed E-state index contributed by atoms with van der Waals surface area (Å²) in [6.07, 6.45) is 1.34. The van der Waals surface area contributed by atoms with Crippen LogP contribution in [-0.4, -0.2) is 33.2 Å². The van der Waals surface area contributed by atoms with Crippen LogP contribution in [0.1, 0.15) is 18.5 Å². The molecule has 1 aliphatic rings. The molecule has 1 fully saturated rings. The zero-order valence-corrected chi connectivity index (χ0v) is 12.9. The third-order valence-corrected chi connectivity index (χ3v) is 4.47. The molecule has 106 valence electrons. The maximum Gasteiger partial charge on any atom is 0.154 e. The van der Waals surface area contributed by atoms with E-state index < -0.39 is 5.60 Å². The third kappa shape index (κ3) is 2.33. The number of para-hydroxylation sites is 1. The molecular weight excluding hydrogens is 320 g/mol. The highest BCUT2D eigenvalue weighted by atomic mass is 79.9. The first-order valence-electron chi connectivity index (χ1n) is 6.68. The molecule has 0 saturated carbocycles. The minimum absolute atomic E-state index is 0.635. The normalized spacial score (nSPS) is 18.2. The third-order valence-electron chi connectivity index (χ3n) is 3.94. The average Bonchev–Trinajstić information content (AvgIpc) is 2.80. The number of anilines is 1. The van der Waals surface area contributed by atoms with Gasteiger partial charge in [0.2, 0.25) is 0 Å². The van der Waals surface area contributed by atoms with Crippen molar-refractivity contribution in [1.82, 2.24) is 15.0 Å². The number of hydrogen-bond donors (Lipinski definition) is 1. The summed E-state index contributed by atoms with van der Waals surface area (Å²) in [7, 11) is 1.81. The van der Waals surface area contributed by atoms with Crippen molar-refractivity contribution >= 4 is 21.6 Å². The van der Waals surface area contributed by atoms with Gasteiger partial charge >= 0.3 is 0 Å². The predicted molar refractivity (Wildman–Crippen MR) is 80.5 cm³/mol. The van der Waals surface area contributed by atoms with Crippen LogP contribution >= 0.6 is 15.9 Å². The Balaban J connectivity index is 1.78. The molecule has 0 spiro atoms. The summed E-state index contributed by atoms with van der Waals surface area (Å²) in [5.74, 6) is 0. The maximum atomic E-state index is 10.9. The number of aliphatic hydroxyl groups is 1. The van der Waals surface area contributed by atoms with Crippen LogP contribution in [-0.2, 0) is 12.6 Å². The van der Waals surface area contributed by atoms with Gasteiger partial charge < -0.3 is 10.0 Å². The standard InChI is InChI=1S/C14H17BrN4O/c1-18-12(13(15)16-17-18)14(20)7-9-19(10-8-14)11-5-3-2-4-6-11/h2-6,20H,7-10H2,1H3. The SMILES string of the molecule is Cn1nnc(Br)c1C1(O)CCN(c2ccccc2)CC1. The summed E-state index contributed by atoms with van der Waals surface area (Å²) >= 11 is 3.38. The molecule has 6 heteroatoms. The van der Waals surface area contributed by atoms with Crippen LogP contribution in [0.4, 0.5) is 5.69 Å². The zero-order valence-electron chi connectivity index (χ0n) is 11.3. The first-order valence-corrected chi connectivity index (χ1v) is 7.47. The molecule has 0 unspecified atom stereocenters. The number of rotatable bonds is 2. The second-order valence-electron chi connectivity index (χ2n) is 5.21. The molecule has 1 aromatic heterocycles. The van der Waals surface area contributed by atoms with Crippen molar-refractivity contribution in [3.63, 3.8) is 0 Å². The molecule has 0 bridgehead atoms. The quantitative estimate of drug-likeness (QED) is 0.912. The molecule has 1 N–H and O–H groups in total. The summed E-state index contributed by atoms with van der Waals surface area (Å²) < 4.78 is 2.29. The van der Waals surface area contributed by atoms with E-state index in [2.05, 4.69) is 43.3 Å². The molecule has 1 aromatic carbocycles. The van der Waals surface area contributed by atoms with Crippen LogP contribution in [0, 0.1) is 0 Å². The minimum atomic E-state index is -0.859. The molecule has 20 heavy (non-hydrogen) atoms. The minimum Gasteiger partial charge on any atom is -0.383 e. The van der Waals surface area contributed by atoms with E-state index in [0.29, 0.717) is 17.4 Å². The molecule has 1 saturated heterocycles. The van der Waals surface area contributed by atoms with Gasteiger partial charge in [0.15, 0.2) is 4.60 Å². The van der Waals surface area contributed by atoms with Crippen molar-refractivity contribution in [3.8, 4) is 0 Å². The fraction of sp³-hybridized carbons (Fsp3) is 0.429. The summed E-state index contributed by atoms with van der Waals surface area (Å²) in [4.78, 5) is 2.30. The van der Waals surface area contributed by atoms with Crippen molar-refractivity contribution in [2.24, 2.45) is 7.05 Å². The highest BCUT2D eigenvalue weighted by molar-refractivity contribution is 9.10. The lowest BCUT2D eigenvalue weighted by molar-refractivity contribution is 0.00343. The predicted octanol–water partition coefficient (Wildman–Crippen LogP) is 2.07. The van der Waals surface area contributed by atoms with Crippen LogP contribution in [0.3, 0.4) is 0 Å². The average molecular weight is 337 g/mol. The molecule has 0 atom stereocenters. The second-order valence-corrected chi connectivity index (χ2v) is 5.96. The largest absolute Gasteiger partial charge is 0.383 e. The first kappa shape index (κ1) is 13.6. The fourth-order valence-corrected chi connectivity index (χ4v) is 3.53. The Hall–Kier alpha value is -1.40. The van der Waals surface area contributed by atoms with Crippen LogP contribution in [0.15, 0.2) is 34.9 Å². The fourth-order valence-electron chi connectivity index (χ4n) is 2.84. The van der Waals surface area contributed by atoms with E-state index in [4.69, 9.17) is 0 Å². The van der Waals surface area contributed by atoms with Crippen LogP contribution in [0.25, 0.3) is 0 Å². The lowest BCUT2D eigenvalue weighted by atomic mass is 9.88. The Kier molecular flexibility index (Phi) is 3.52. The van der Waals surface area contributed by atoms with Crippen LogP contribution < -0.4 is 4.90 Å². The van der Waals surface area contributed by atoms with E-state index >= 15 is 0 Å². The van der Waals surface area contributed by atoms with Gasteiger partial charge in [-0.05, 0) is 40.9 Å². The van der Waals surface area contributed by atoms with Gasteiger partial charge in [-0.15, -0.1) is 5.10 Å². The van der Waals surface area contributed by atoms with E-state index in [0.717, 1.165) is 18.8 Å².